The van der Waals surface area contributed by atoms with Crippen molar-refractivity contribution in [1.29, 1.82) is 0 Å². The number of aryl methyl sites for hydroxylation is 2. The number of carbonyl (C=O) groups excluding carboxylic acids is 2. The molecule has 0 atom stereocenters. The molecule has 0 saturated heterocycles. The maximum atomic E-state index is 12.3. The van der Waals surface area contributed by atoms with Crippen molar-refractivity contribution in [1.82, 2.24) is 4.72 Å². The Hall–Kier alpha value is -2.71. The number of esters is 1. The minimum absolute atomic E-state index is 0.0826. The molecule has 2 aromatic rings. The van der Waals surface area contributed by atoms with Gasteiger partial charge in [0.25, 0.3) is 0 Å². The highest BCUT2D eigenvalue weighted by Crippen LogP contribution is 2.21. The summed E-state index contributed by atoms with van der Waals surface area (Å²) in [6.45, 7) is 4.47. The van der Waals surface area contributed by atoms with Crippen LogP contribution in [0, 0.1) is 13.8 Å². The molecule has 0 saturated carbocycles. The van der Waals surface area contributed by atoms with E-state index in [2.05, 4.69) is 4.72 Å². The lowest BCUT2D eigenvalue weighted by atomic mass is 10.1. The average molecular weight is 405 g/mol. The molecule has 0 aliphatic carbocycles. The molecule has 2 aromatic carbocycles. The zero-order valence-electron chi connectivity index (χ0n) is 16.2. The first kappa shape index (κ1) is 21.6. The highest BCUT2D eigenvalue weighted by Gasteiger charge is 2.17. The van der Waals surface area contributed by atoms with Crippen LogP contribution in [0.2, 0.25) is 0 Å². The lowest BCUT2D eigenvalue weighted by Crippen LogP contribution is -2.30. The average Bonchev–Trinajstić information content (AvgIpc) is 2.66. The summed E-state index contributed by atoms with van der Waals surface area (Å²) in [5.74, 6) is -0.410. The highest BCUT2D eigenvalue weighted by atomic mass is 32.2. The Kier molecular flexibility index (Phi) is 6.93. The van der Waals surface area contributed by atoms with Gasteiger partial charge in [-0.3, -0.25) is 9.59 Å². The lowest BCUT2D eigenvalue weighted by Gasteiger charge is -2.11. The van der Waals surface area contributed by atoms with Crippen LogP contribution in [0.1, 0.15) is 34.0 Å². The number of nitrogens with one attached hydrogen (secondary N) is 1. The third-order valence-electron chi connectivity index (χ3n) is 4.27. The zero-order valence-corrected chi connectivity index (χ0v) is 17.1. The fourth-order valence-electron chi connectivity index (χ4n) is 2.44. The second kappa shape index (κ2) is 8.99. The van der Waals surface area contributed by atoms with Gasteiger partial charge in [-0.05, 0) is 62.2 Å². The van der Waals surface area contributed by atoms with E-state index in [1.165, 1.54) is 20.1 Å². The van der Waals surface area contributed by atoms with Gasteiger partial charge in [0.05, 0.1) is 12.0 Å². The fraction of sp³-hybridized carbons (Fsp3) is 0.300. The van der Waals surface area contributed by atoms with Gasteiger partial charge in [0.1, 0.15) is 18.9 Å². The molecular formula is C20H23NO6S. The van der Waals surface area contributed by atoms with Crippen LogP contribution in [0.5, 0.6) is 5.75 Å². The van der Waals surface area contributed by atoms with Gasteiger partial charge in [0.2, 0.25) is 10.0 Å². The van der Waals surface area contributed by atoms with Crippen LogP contribution in [0.25, 0.3) is 0 Å². The van der Waals surface area contributed by atoms with E-state index in [0.717, 1.165) is 11.1 Å². The molecule has 0 heterocycles. The molecule has 0 fully saturated rings. The van der Waals surface area contributed by atoms with Crippen molar-refractivity contribution >= 4 is 21.8 Å². The van der Waals surface area contributed by atoms with Gasteiger partial charge in [-0.2, -0.15) is 4.72 Å². The van der Waals surface area contributed by atoms with Gasteiger partial charge in [-0.25, -0.2) is 8.42 Å². The molecule has 0 radical (unpaired) electrons. The van der Waals surface area contributed by atoms with Crippen molar-refractivity contribution in [2.24, 2.45) is 0 Å². The molecule has 1 N–H and O–H groups in total. The number of hydrogen-bond acceptors (Lipinski definition) is 6. The minimum atomic E-state index is -3.83. The van der Waals surface area contributed by atoms with E-state index in [-0.39, 0.29) is 17.3 Å². The van der Waals surface area contributed by atoms with Crippen molar-refractivity contribution in [3.63, 3.8) is 0 Å². The number of hydrogen-bond donors (Lipinski definition) is 1. The molecule has 8 heteroatoms. The largest absolute Gasteiger partial charge is 0.496 e. The highest BCUT2D eigenvalue weighted by molar-refractivity contribution is 7.89. The Balaban J connectivity index is 2.00. The fourth-order valence-corrected chi connectivity index (χ4v) is 3.49. The first-order valence-corrected chi connectivity index (χ1v) is 10.0. The second-order valence-electron chi connectivity index (χ2n) is 6.31. The SMILES string of the molecule is COc1ccc(C(C)=O)cc1COC(=O)CNS(=O)(=O)c1ccc(C)c(C)c1. The van der Waals surface area contributed by atoms with Crippen LogP contribution in [-0.4, -0.2) is 33.8 Å². The molecule has 0 spiro atoms. The monoisotopic (exact) mass is 405 g/mol. The van der Waals surface area contributed by atoms with Crippen molar-refractivity contribution in [2.45, 2.75) is 32.3 Å². The number of methoxy groups -OCH3 is 1. The van der Waals surface area contributed by atoms with E-state index in [0.29, 0.717) is 16.9 Å². The predicted molar refractivity (Wildman–Crippen MR) is 104 cm³/mol. The van der Waals surface area contributed by atoms with Gasteiger partial charge >= 0.3 is 5.97 Å². The van der Waals surface area contributed by atoms with Crippen molar-refractivity contribution in [3.8, 4) is 5.75 Å². The lowest BCUT2D eigenvalue weighted by molar-refractivity contribution is -0.143. The minimum Gasteiger partial charge on any atom is -0.496 e. The Morgan fingerprint density at radius 2 is 1.75 bits per heavy atom. The predicted octanol–water partition coefficient (Wildman–Crippen LogP) is 2.54. The van der Waals surface area contributed by atoms with Crippen LogP contribution >= 0.6 is 0 Å². The Morgan fingerprint density at radius 1 is 1.04 bits per heavy atom. The number of ketones is 1. The number of ether oxygens (including phenoxy) is 2. The van der Waals surface area contributed by atoms with E-state index >= 15 is 0 Å². The summed E-state index contributed by atoms with van der Waals surface area (Å²) in [6, 6.07) is 9.53. The van der Waals surface area contributed by atoms with Crippen LogP contribution in [0.15, 0.2) is 41.3 Å². The van der Waals surface area contributed by atoms with E-state index in [9.17, 15) is 18.0 Å². The molecule has 2 rings (SSSR count). The first-order chi connectivity index (χ1) is 13.1. The van der Waals surface area contributed by atoms with E-state index in [4.69, 9.17) is 9.47 Å². The van der Waals surface area contributed by atoms with E-state index < -0.39 is 22.5 Å². The number of benzene rings is 2. The van der Waals surface area contributed by atoms with Gasteiger partial charge in [-0.1, -0.05) is 6.07 Å². The number of rotatable bonds is 8. The van der Waals surface area contributed by atoms with E-state index in [1.54, 1.807) is 30.3 Å². The normalized spacial score (nSPS) is 11.1. The third-order valence-corrected chi connectivity index (χ3v) is 5.67. The molecule has 0 aliphatic heterocycles. The molecule has 0 amide bonds. The van der Waals surface area contributed by atoms with Crippen LogP contribution in [0.3, 0.4) is 0 Å². The Morgan fingerprint density at radius 3 is 2.36 bits per heavy atom. The topological polar surface area (TPSA) is 98.8 Å². The van der Waals surface area contributed by atoms with Crippen molar-refractivity contribution in [3.05, 3.63) is 58.7 Å². The van der Waals surface area contributed by atoms with Gasteiger partial charge < -0.3 is 9.47 Å². The van der Waals surface area contributed by atoms with Crippen molar-refractivity contribution < 1.29 is 27.5 Å². The standard InChI is InChI=1S/C20H23NO6S/c1-13-5-7-18(9-14(13)2)28(24,25)21-11-20(23)27-12-17-10-16(15(3)22)6-8-19(17)26-4/h5-10,21H,11-12H2,1-4H3. The summed E-state index contributed by atoms with van der Waals surface area (Å²) in [5, 5.41) is 0. The molecule has 0 aromatic heterocycles. The third kappa shape index (κ3) is 5.40. The first-order valence-electron chi connectivity index (χ1n) is 8.54. The number of Topliss-reactive ketones (excluding diaryl/α,β-unsaturated/α-hetero) is 1. The maximum Gasteiger partial charge on any atom is 0.321 e. The molecule has 150 valence electrons. The summed E-state index contributed by atoms with van der Waals surface area (Å²) < 4.78 is 37.2. The van der Waals surface area contributed by atoms with Gasteiger partial charge in [0, 0.05) is 11.1 Å². The maximum absolute atomic E-state index is 12.3. The van der Waals surface area contributed by atoms with Crippen molar-refractivity contribution in [2.75, 3.05) is 13.7 Å². The number of sulfonamides is 1. The summed E-state index contributed by atoms with van der Waals surface area (Å²) in [4.78, 5) is 23.6. The second-order valence-corrected chi connectivity index (χ2v) is 8.08. The molecule has 0 unspecified atom stereocenters. The summed E-state index contributed by atoms with van der Waals surface area (Å²) in [6.07, 6.45) is 0. The zero-order chi connectivity index (χ0) is 20.9. The summed E-state index contributed by atoms with van der Waals surface area (Å²) in [5.41, 5.74) is 2.78. The smallest absolute Gasteiger partial charge is 0.321 e. The van der Waals surface area contributed by atoms with Crippen LogP contribution < -0.4 is 9.46 Å². The Labute approximate surface area is 164 Å². The molecule has 7 nitrogen and oxygen atoms in total. The molecular weight excluding hydrogens is 382 g/mol. The quantitative estimate of drug-likeness (QED) is 0.535. The molecule has 0 aliphatic rings. The van der Waals surface area contributed by atoms with Crippen LogP contribution in [-0.2, 0) is 26.2 Å². The summed E-state index contributed by atoms with van der Waals surface area (Å²) >= 11 is 0. The molecule has 0 bridgehead atoms. The number of carbonyl (C=O) groups is 2. The van der Waals surface area contributed by atoms with E-state index in [1.807, 2.05) is 13.8 Å². The van der Waals surface area contributed by atoms with Gasteiger partial charge in [0.15, 0.2) is 5.78 Å². The summed E-state index contributed by atoms with van der Waals surface area (Å²) in [7, 11) is -2.36. The van der Waals surface area contributed by atoms with Gasteiger partial charge in [-0.15, -0.1) is 0 Å². The van der Waals surface area contributed by atoms with Crippen LogP contribution in [0.4, 0.5) is 0 Å². The molecule has 28 heavy (non-hydrogen) atoms. The Bertz CT molecular complexity index is 998.